The Balaban J connectivity index is 1.74. The van der Waals surface area contributed by atoms with Crippen LogP contribution in [0, 0.1) is 5.92 Å². The number of alkyl halides is 3. The van der Waals surface area contributed by atoms with Crippen LogP contribution in [-0.2, 0) is 14.3 Å². The van der Waals surface area contributed by atoms with Crippen LogP contribution in [-0.4, -0.2) is 55.9 Å². The van der Waals surface area contributed by atoms with E-state index in [4.69, 9.17) is 0 Å². The van der Waals surface area contributed by atoms with Gasteiger partial charge >= 0.3 is 24.3 Å². The Hall–Kier alpha value is -2.98. The first kappa shape index (κ1) is 21.3. The molecule has 154 valence electrons. The quantitative estimate of drug-likeness (QED) is 0.751. The Morgan fingerprint density at radius 2 is 1.71 bits per heavy atom. The lowest BCUT2D eigenvalue weighted by atomic mass is 9.97. The number of piperidine rings is 1. The van der Waals surface area contributed by atoms with Crippen LogP contribution < -0.4 is 15.4 Å². The van der Waals surface area contributed by atoms with Crippen LogP contribution >= 0.6 is 0 Å². The number of amides is 3. The number of likely N-dealkylation sites (tertiary alicyclic amines) is 1. The molecular formula is C17H20F3N3O5. The molecule has 28 heavy (non-hydrogen) atoms. The van der Waals surface area contributed by atoms with Gasteiger partial charge in [0, 0.05) is 25.3 Å². The number of hydrogen-bond donors (Lipinski definition) is 2. The third-order valence-corrected chi connectivity index (χ3v) is 4.15. The van der Waals surface area contributed by atoms with Gasteiger partial charge in [-0.05, 0) is 43.0 Å². The zero-order chi connectivity index (χ0) is 20.7. The smallest absolute Gasteiger partial charge is 0.453 e. The molecule has 1 heterocycles. The van der Waals surface area contributed by atoms with Gasteiger partial charge in [0.1, 0.15) is 5.75 Å². The predicted octanol–water partition coefficient (Wildman–Crippen LogP) is 2.12. The molecule has 0 atom stereocenters. The number of hydrogen-bond acceptors (Lipinski definition) is 5. The van der Waals surface area contributed by atoms with Gasteiger partial charge in [-0.15, -0.1) is 13.2 Å². The van der Waals surface area contributed by atoms with Crippen molar-refractivity contribution in [2.75, 3.05) is 32.1 Å². The summed E-state index contributed by atoms with van der Waals surface area (Å²) < 4.78 is 44.7. The maximum absolute atomic E-state index is 12.1. The van der Waals surface area contributed by atoms with E-state index in [2.05, 4.69) is 20.1 Å². The minimum Gasteiger partial charge on any atom is -0.453 e. The fraction of sp³-hybridized carbons (Fsp3) is 0.471. The van der Waals surface area contributed by atoms with Gasteiger partial charge in [-0.3, -0.25) is 9.59 Å². The molecule has 1 aliphatic rings. The summed E-state index contributed by atoms with van der Waals surface area (Å²) in [6, 6.07) is 4.43. The number of ether oxygens (including phenoxy) is 2. The molecule has 0 aliphatic carbocycles. The highest BCUT2D eigenvalue weighted by Gasteiger charge is 2.31. The molecule has 1 aromatic carbocycles. The second-order valence-electron chi connectivity index (χ2n) is 6.14. The number of methoxy groups -OCH3 is 1. The summed E-state index contributed by atoms with van der Waals surface area (Å²) in [6.45, 7) is 1.29. The molecule has 2 rings (SSSR count). The zero-order valence-electron chi connectivity index (χ0n) is 15.0. The van der Waals surface area contributed by atoms with E-state index in [9.17, 15) is 27.6 Å². The third kappa shape index (κ3) is 6.63. The van der Waals surface area contributed by atoms with E-state index in [1.54, 1.807) is 4.90 Å². The van der Waals surface area contributed by atoms with Gasteiger partial charge in [0.05, 0.1) is 7.11 Å². The van der Waals surface area contributed by atoms with Crippen molar-refractivity contribution < 1.29 is 37.0 Å². The lowest BCUT2D eigenvalue weighted by Crippen LogP contribution is -2.43. The maximum Gasteiger partial charge on any atom is 0.573 e. The van der Waals surface area contributed by atoms with Gasteiger partial charge in [-0.1, -0.05) is 0 Å². The predicted molar refractivity (Wildman–Crippen MR) is 91.5 cm³/mol. The molecule has 1 aromatic rings. The molecule has 1 aliphatic heterocycles. The number of carbonyl (C=O) groups excluding carboxylic acids is 3. The number of carbonyl (C=O) groups is 3. The normalized spacial score (nSPS) is 14.9. The summed E-state index contributed by atoms with van der Waals surface area (Å²) in [5.41, 5.74) is 0.154. The largest absolute Gasteiger partial charge is 0.573 e. The molecule has 0 radical (unpaired) electrons. The Morgan fingerprint density at radius 1 is 1.11 bits per heavy atom. The van der Waals surface area contributed by atoms with Crippen LogP contribution in [0.3, 0.4) is 0 Å². The minimum atomic E-state index is -4.81. The number of anilines is 1. The average molecular weight is 403 g/mol. The van der Waals surface area contributed by atoms with Crippen molar-refractivity contribution in [2.24, 2.45) is 5.92 Å². The van der Waals surface area contributed by atoms with E-state index >= 15 is 0 Å². The molecule has 3 amide bonds. The summed E-state index contributed by atoms with van der Waals surface area (Å²) in [5, 5.41) is 4.81. The van der Waals surface area contributed by atoms with Crippen LogP contribution in [0.5, 0.6) is 5.75 Å². The SMILES string of the molecule is COC(=O)N1CCC(CNC(=O)C(=O)Nc2ccc(OC(F)(F)F)cc2)CC1. The summed E-state index contributed by atoms with van der Waals surface area (Å²) in [7, 11) is 1.31. The number of nitrogens with one attached hydrogen (secondary N) is 2. The van der Waals surface area contributed by atoms with Gasteiger partial charge < -0.3 is 25.0 Å². The first-order valence-corrected chi connectivity index (χ1v) is 8.46. The van der Waals surface area contributed by atoms with Crippen molar-refractivity contribution in [2.45, 2.75) is 19.2 Å². The molecule has 1 saturated heterocycles. The molecule has 0 saturated carbocycles. The lowest BCUT2D eigenvalue weighted by molar-refractivity contribution is -0.274. The van der Waals surface area contributed by atoms with Gasteiger partial charge in [0.25, 0.3) is 0 Å². The molecule has 1 fully saturated rings. The van der Waals surface area contributed by atoms with Crippen molar-refractivity contribution in [3.05, 3.63) is 24.3 Å². The van der Waals surface area contributed by atoms with Crippen LogP contribution in [0.25, 0.3) is 0 Å². The third-order valence-electron chi connectivity index (χ3n) is 4.15. The second-order valence-corrected chi connectivity index (χ2v) is 6.14. The molecule has 0 spiro atoms. The standard InChI is InChI=1S/C17H20F3N3O5/c1-27-16(26)23-8-6-11(7-9-23)10-21-14(24)15(25)22-12-2-4-13(5-3-12)28-17(18,19)20/h2-5,11H,6-10H2,1H3,(H,21,24)(H,22,25). The second kappa shape index (κ2) is 9.29. The zero-order valence-corrected chi connectivity index (χ0v) is 15.0. The Bertz CT molecular complexity index is 701. The van der Waals surface area contributed by atoms with E-state index in [1.165, 1.54) is 19.2 Å². The average Bonchev–Trinajstić information content (AvgIpc) is 2.66. The molecule has 11 heteroatoms. The van der Waals surface area contributed by atoms with Gasteiger partial charge in [-0.2, -0.15) is 0 Å². The van der Waals surface area contributed by atoms with Crippen molar-refractivity contribution in [3.8, 4) is 5.75 Å². The summed E-state index contributed by atoms with van der Waals surface area (Å²) in [4.78, 5) is 36.7. The molecular weight excluding hydrogens is 383 g/mol. The summed E-state index contributed by atoms with van der Waals surface area (Å²) in [6.07, 6.45) is -3.87. The highest BCUT2D eigenvalue weighted by atomic mass is 19.4. The summed E-state index contributed by atoms with van der Waals surface area (Å²) in [5.74, 6) is -2.10. The van der Waals surface area contributed by atoms with E-state index < -0.39 is 30.0 Å². The first-order valence-electron chi connectivity index (χ1n) is 8.46. The van der Waals surface area contributed by atoms with E-state index in [0.717, 1.165) is 12.1 Å². The maximum atomic E-state index is 12.1. The number of nitrogens with zero attached hydrogens (tertiary/aromatic N) is 1. The van der Waals surface area contributed by atoms with E-state index in [1.807, 2.05) is 0 Å². The van der Waals surface area contributed by atoms with Gasteiger partial charge in [0.15, 0.2) is 0 Å². The Morgan fingerprint density at radius 3 is 2.25 bits per heavy atom. The lowest BCUT2D eigenvalue weighted by Gasteiger charge is -2.30. The van der Waals surface area contributed by atoms with Crippen LogP contribution in [0.4, 0.5) is 23.7 Å². The fourth-order valence-electron chi connectivity index (χ4n) is 2.69. The van der Waals surface area contributed by atoms with Gasteiger partial charge in [0.2, 0.25) is 0 Å². The van der Waals surface area contributed by atoms with Crippen LogP contribution in [0.15, 0.2) is 24.3 Å². The van der Waals surface area contributed by atoms with Crippen molar-refractivity contribution in [1.29, 1.82) is 0 Å². The molecule has 8 nitrogen and oxygen atoms in total. The number of benzene rings is 1. The summed E-state index contributed by atoms with van der Waals surface area (Å²) >= 11 is 0. The minimum absolute atomic E-state index is 0.122. The van der Waals surface area contributed by atoms with E-state index in [-0.39, 0.29) is 18.2 Å². The first-order chi connectivity index (χ1) is 13.2. The fourth-order valence-corrected chi connectivity index (χ4v) is 2.69. The monoisotopic (exact) mass is 403 g/mol. The van der Waals surface area contributed by atoms with E-state index in [0.29, 0.717) is 25.9 Å². The van der Waals surface area contributed by atoms with Crippen molar-refractivity contribution in [3.63, 3.8) is 0 Å². The Kier molecular flexibility index (Phi) is 7.07. The van der Waals surface area contributed by atoms with Crippen molar-refractivity contribution >= 4 is 23.6 Å². The van der Waals surface area contributed by atoms with Crippen LogP contribution in [0.1, 0.15) is 12.8 Å². The topological polar surface area (TPSA) is 97.0 Å². The molecule has 0 bridgehead atoms. The number of rotatable bonds is 4. The number of halogens is 3. The molecule has 2 N–H and O–H groups in total. The van der Waals surface area contributed by atoms with Crippen LogP contribution in [0.2, 0.25) is 0 Å². The van der Waals surface area contributed by atoms with Crippen molar-refractivity contribution in [1.82, 2.24) is 10.2 Å². The highest BCUT2D eigenvalue weighted by Crippen LogP contribution is 2.24. The van der Waals surface area contributed by atoms with Gasteiger partial charge in [-0.25, -0.2) is 4.79 Å². The molecule has 0 aromatic heterocycles. The molecule has 0 unspecified atom stereocenters. The Labute approximate surface area is 159 Å². The highest BCUT2D eigenvalue weighted by molar-refractivity contribution is 6.39.